The second-order valence-electron chi connectivity index (χ2n) is 4.91. The zero-order chi connectivity index (χ0) is 14.1. The van der Waals surface area contributed by atoms with Gasteiger partial charge in [0.25, 0.3) is 0 Å². The first-order chi connectivity index (χ1) is 9.69. The fraction of sp³-hybridized carbons (Fsp3) is 0.333. The van der Waals surface area contributed by atoms with Crippen molar-refractivity contribution < 1.29 is 4.74 Å². The average molecular weight is 334 g/mol. The number of anilines is 1. The van der Waals surface area contributed by atoms with Crippen molar-refractivity contribution in [3.05, 3.63) is 33.9 Å². The molecule has 0 spiro atoms. The van der Waals surface area contributed by atoms with Gasteiger partial charge in [-0.2, -0.15) is 0 Å². The molecule has 1 aliphatic rings. The lowest BCUT2D eigenvalue weighted by molar-refractivity contribution is 0.415. The number of ether oxygens (including phenoxy) is 1. The number of benzene rings is 1. The lowest BCUT2D eigenvalue weighted by Gasteiger charge is -2.17. The van der Waals surface area contributed by atoms with Crippen molar-refractivity contribution in [3.8, 4) is 17.1 Å². The van der Waals surface area contributed by atoms with E-state index >= 15 is 0 Å². The Morgan fingerprint density at radius 2 is 2.00 bits per heavy atom. The summed E-state index contributed by atoms with van der Waals surface area (Å²) in [7, 11) is 1.65. The molecule has 0 bridgehead atoms. The highest BCUT2D eigenvalue weighted by Gasteiger charge is 2.18. The fourth-order valence-corrected chi connectivity index (χ4v) is 2.97. The van der Waals surface area contributed by atoms with Crippen molar-refractivity contribution in [2.75, 3.05) is 12.8 Å². The Balaban J connectivity index is 2.13. The maximum Gasteiger partial charge on any atom is 0.163 e. The number of nitrogens with zero attached hydrogens (tertiary/aromatic N) is 2. The van der Waals surface area contributed by atoms with Gasteiger partial charge in [0.05, 0.1) is 7.11 Å². The van der Waals surface area contributed by atoms with Crippen LogP contribution in [-0.2, 0) is 12.8 Å². The number of nitrogens with two attached hydrogens (primary N) is 1. The summed E-state index contributed by atoms with van der Waals surface area (Å²) >= 11 is 3.54. The predicted molar refractivity (Wildman–Crippen MR) is 82.8 cm³/mol. The van der Waals surface area contributed by atoms with Crippen LogP contribution < -0.4 is 10.5 Å². The molecule has 0 saturated carbocycles. The van der Waals surface area contributed by atoms with Crippen LogP contribution in [0.25, 0.3) is 11.4 Å². The molecule has 1 aromatic carbocycles. The summed E-state index contributed by atoms with van der Waals surface area (Å²) in [6.07, 6.45) is 4.31. The second kappa shape index (κ2) is 5.40. The number of aryl methyl sites for hydroxylation is 1. The Kier molecular flexibility index (Phi) is 3.61. The van der Waals surface area contributed by atoms with Crippen molar-refractivity contribution in [1.82, 2.24) is 9.97 Å². The molecule has 1 aliphatic carbocycles. The molecular formula is C15H16BrN3O. The molecule has 0 atom stereocenters. The van der Waals surface area contributed by atoms with Gasteiger partial charge in [0.15, 0.2) is 5.82 Å². The Labute approximate surface area is 126 Å². The van der Waals surface area contributed by atoms with E-state index in [1.165, 1.54) is 12.8 Å². The Morgan fingerprint density at radius 3 is 2.80 bits per heavy atom. The summed E-state index contributed by atoms with van der Waals surface area (Å²) in [5.74, 6) is 2.05. The minimum absolute atomic E-state index is 0.611. The molecule has 0 fully saturated rings. The molecule has 1 heterocycles. The highest BCUT2D eigenvalue weighted by atomic mass is 79.9. The summed E-state index contributed by atoms with van der Waals surface area (Å²) < 4.78 is 6.20. The highest BCUT2D eigenvalue weighted by molar-refractivity contribution is 9.10. The van der Waals surface area contributed by atoms with Gasteiger partial charge < -0.3 is 10.5 Å². The lowest BCUT2D eigenvalue weighted by atomic mass is 9.96. The zero-order valence-corrected chi connectivity index (χ0v) is 12.9. The molecule has 2 N–H and O–H groups in total. The smallest absolute Gasteiger partial charge is 0.163 e. The van der Waals surface area contributed by atoms with Crippen LogP contribution in [0.5, 0.6) is 5.75 Å². The van der Waals surface area contributed by atoms with Crippen molar-refractivity contribution in [3.63, 3.8) is 0 Å². The van der Waals surface area contributed by atoms with E-state index in [2.05, 4.69) is 20.9 Å². The molecule has 1 aromatic heterocycles. The molecule has 0 amide bonds. The number of hydrogen-bond donors (Lipinski definition) is 1. The maximum atomic E-state index is 6.10. The van der Waals surface area contributed by atoms with Crippen LogP contribution in [-0.4, -0.2) is 17.1 Å². The Bertz CT molecular complexity index is 658. The molecule has 4 nitrogen and oxygen atoms in total. The number of methoxy groups -OCH3 is 1. The normalized spacial score (nSPS) is 13.9. The predicted octanol–water partition coefficient (Wildman–Crippen LogP) is 3.38. The van der Waals surface area contributed by atoms with Crippen molar-refractivity contribution >= 4 is 21.7 Å². The van der Waals surface area contributed by atoms with Crippen LogP contribution in [0.15, 0.2) is 22.7 Å². The number of aromatic nitrogens is 2. The quantitative estimate of drug-likeness (QED) is 0.915. The minimum atomic E-state index is 0.611. The van der Waals surface area contributed by atoms with Crippen molar-refractivity contribution in [2.24, 2.45) is 0 Å². The second-order valence-corrected chi connectivity index (χ2v) is 5.76. The van der Waals surface area contributed by atoms with Crippen LogP contribution in [0.3, 0.4) is 0 Å². The standard InChI is InChI=1S/C15H16BrN3O/c1-20-9-6-7-12(16)11(8-9)15-18-13-5-3-2-4-10(13)14(17)19-15/h6-8H,2-5H2,1H3,(H2,17,18,19). The van der Waals surface area contributed by atoms with Crippen molar-refractivity contribution in [1.29, 1.82) is 0 Å². The van der Waals surface area contributed by atoms with Gasteiger partial charge in [0.2, 0.25) is 0 Å². The minimum Gasteiger partial charge on any atom is -0.497 e. The van der Waals surface area contributed by atoms with Crippen LogP contribution in [0.1, 0.15) is 24.1 Å². The summed E-state index contributed by atoms with van der Waals surface area (Å²) in [6, 6.07) is 5.76. The Morgan fingerprint density at radius 1 is 1.20 bits per heavy atom. The molecule has 0 radical (unpaired) electrons. The van der Waals surface area contributed by atoms with Gasteiger partial charge in [-0.1, -0.05) is 15.9 Å². The molecule has 0 unspecified atom stereocenters. The first-order valence-corrected chi connectivity index (χ1v) is 7.47. The summed E-state index contributed by atoms with van der Waals surface area (Å²) in [5.41, 5.74) is 9.22. The van der Waals surface area contributed by atoms with Crippen LogP contribution >= 0.6 is 15.9 Å². The van der Waals surface area contributed by atoms with Gasteiger partial charge in [-0.3, -0.25) is 0 Å². The molecule has 0 saturated heterocycles. The monoisotopic (exact) mass is 333 g/mol. The van der Waals surface area contributed by atoms with Crippen LogP contribution in [0.4, 0.5) is 5.82 Å². The third kappa shape index (κ3) is 2.38. The van der Waals surface area contributed by atoms with Gasteiger partial charge in [0.1, 0.15) is 11.6 Å². The van der Waals surface area contributed by atoms with E-state index in [9.17, 15) is 0 Å². The highest BCUT2D eigenvalue weighted by Crippen LogP contribution is 2.32. The summed E-state index contributed by atoms with van der Waals surface area (Å²) in [4.78, 5) is 9.18. The first-order valence-electron chi connectivity index (χ1n) is 6.68. The largest absolute Gasteiger partial charge is 0.497 e. The number of hydrogen-bond acceptors (Lipinski definition) is 4. The van der Waals surface area contributed by atoms with E-state index in [0.717, 1.165) is 39.9 Å². The zero-order valence-electron chi connectivity index (χ0n) is 11.3. The van der Waals surface area contributed by atoms with Crippen LogP contribution in [0.2, 0.25) is 0 Å². The van der Waals surface area contributed by atoms with Crippen molar-refractivity contribution in [2.45, 2.75) is 25.7 Å². The molecule has 20 heavy (non-hydrogen) atoms. The first kappa shape index (κ1) is 13.4. The molecule has 0 aliphatic heterocycles. The topological polar surface area (TPSA) is 61.0 Å². The van der Waals surface area contributed by atoms with Gasteiger partial charge in [0, 0.05) is 21.3 Å². The summed E-state index contributed by atoms with van der Waals surface area (Å²) in [6.45, 7) is 0. The molecule has 3 rings (SSSR count). The summed E-state index contributed by atoms with van der Waals surface area (Å²) in [5, 5.41) is 0. The van der Waals surface area contributed by atoms with Gasteiger partial charge >= 0.3 is 0 Å². The number of rotatable bonds is 2. The lowest BCUT2D eigenvalue weighted by Crippen LogP contribution is -2.11. The van der Waals surface area contributed by atoms with E-state index in [1.807, 2.05) is 18.2 Å². The van der Waals surface area contributed by atoms with Gasteiger partial charge in [-0.15, -0.1) is 0 Å². The molecule has 5 heteroatoms. The maximum absolute atomic E-state index is 6.10. The van der Waals surface area contributed by atoms with E-state index in [0.29, 0.717) is 11.6 Å². The van der Waals surface area contributed by atoms with Crippen LogP contribution in [0, 0.1) is 0 Å². The number of fused-ring (bicyclic) bond motifs is 1. The fourth-order valence-electron chi connectivity index (χ4n) is 2.55. The average Bonchev–Trinajstić information content (AvgIpc) is 2.48. The molecule has 2 aromatic rings. The molecular weight excluding hydrogens is 318 g/mol. The van der Waals surface area contributed by atoms with E-state index in [-0.39, 0.29) is 0 Å². The Hall–Kier alpha value is -1.62. The molecule has 104 valence electrons. The van der Waals surface area contributed by atoms with Gasteiger partial charge in [-0.25, -0.2) is 9.97 Å². The van der Waals surface area contributed by atoms with Gasteiger partial charge in [-0.05, 0) is 43.9 Å². The van der Waals surface area contributed by atoms with E-state index < -0.39 is 0 Å². The van der Waals surface area contributed by atoms with E-state index in [1.54, 1.807) is 7.11 Å². The number of nitrogen functional groups attached to an aromatic ring is 1. The van der Waals surface area contributed by atoms with E-state index in [4.69, 9.17) is 15.5 Å². The SMILES string of the molecule is COc1ccc(Br)c(-c2nc(N)c3c(n2)CCCC3)c1. The number of halogens is 1. The third-order valence-corrected chi connectivity index (χ3v) is 4.32. The third-order valence-electron chi connectivity index (χ3n) is 3.63.